The molecule has 0 saturated carbocycles. The van der Waals surface area contributed by atoms with Crippen LogP contribution in [0.1, 0.15) is 20.7 Å². The topological polar surface area (TPSA) is 96.0 Å². The van der Waals surface area contributed by atoms with Crippen LogP contribution in [-0.4, -0.2) is 24.6 Å². The lowest BCUT2D eigenvalue weighted by Gasteiger charge is -2.44. The molecule has 67 heavy (non-hydrogen) atoms. The lowest BCUT2D eigenvalue weighted by atomic mass is 9.12. The maximum absolute atomic E-state index is 15.4. The van der Waals surface area contributed by atoms with Crippen LogP contribution in [0.2, 0.25) is 0 Å². The highest BCUT2D eigenvalue weighted by Crippen LogP contribution is 2.30. The average Bonchev–Trinajstić information content (AvgIpc) is 3.32. The van der Waals surface area contributed by atoms with Crippen molar-refractivity contribution < 1.29 is 107 Å². The second-order valence-corrected chi connectivity index (χ2v) is 13.1. The summed E-state index contributed by atoms with van der Waals surface area (Å²) in [6.07, 6.45) is -3.98. The zero-order valence-electron chi connectivity index (χ0n) is 31.8. The Bertz CT molecular complexity index is 2670. The third-order valence-corrected chi connectivity index (χ3v) is 9.57. The number of ketones is 1. The number of azide groups is 1. The van der Waals surface area contributed by atoms with Crippen LogP contribution in [0, 0.1) is 116 Å². The van der Waals surface area contributed by atoms with Crippen molar-refractivity contribution in [2.24, 2.45) is 5.11 Å². The molecule has 0 fully saturated rings. The van der Waals surface area contributed by atoms with Crippen LogP contribution < -0.4 is 26.4 Å². The van der Waals surface area contributed by atoms with Gasteiger partial charge in [0.05, 0.1) is 5.56 Å². The summed E-state index contributed by atoms with van der Waals surface area (Å²) in [6.45, 7) is -0.172. The summed E-state index contributed by atoms with van der Waals surface area (Å²) in [7, 11) is 0. The molecule has 0 aliphatic rings. The van der Waals surface area contributed by atoms with E-state index in [1.54, 1.807) is 41.2 Å². The predicted molar refractivity (Wildman–Crippen MR) is 186 cm³/mol. The molecule has 0 radical (unpaired) electrons. The highest BCUT2D eigenvalue weighted by molar-refractivity contribution is 7.20. The largest absolute Gasteiger partial charge is 0.456 e. The minimum absolute atomic E-state index is 0.0238. The van der Waals surface area contributed by atoms with Gasteiger partial charge in [-0.15, -0.1) is 21.9 Å². The number of carbonyl (C=O) groups is 2. The molecule has 0 N–H and O–H groups in total. The third-order valence-electron chi connectivity index (χ3n) is 9.57. The van der Waals surface area contributed by atoms with Crippen molar-refractivity contribution in [1.82, 2.24) is 0 Å². The molecule has 1 aromatic heterocycles. The van der Waals surface area contributed by atoms with Crippen LogP contribution in [0.4, 0.5) is 87.8 Å². The first-order chi connectivity index (χ1) is 31.4. The smallest absolute Gasteiger partial charge is 0.338 e. The molecule has 0 atom stereocenters. The summed E-state index contributed by atoms with van der Waals surface area (Å²) in [4.78, 5) is 26.1. The molecule has 28 heteroatoms. The Morgan fingerprint density at radius 2 is 0.731 bits per heavy atom. The first kappa shape index (κ1) is 50.4. The van der Waals surface area contributed by atoms with Crippen molar-refractivity contribution >= 4 is 39.7 Å². The number of hydrogen-bond donors (Lipinski definition) is 0. The maximum atomic E-state index is 15.4. The van der Waals surface area contributed by atoms with E-state index in [0.29, 0.717) is 11.1 Å². The van der Waals surface area contributed by atoms with Gasteiger partial charge in [-0.25, -0.2) is 92.6 Å². The van der Waals surface area contributed by atoms with E-state index in [4.69, 9.17) is 10.3 Å². The molecule has 0 aliphatic heterocycles. The van der Waals surface area contributed by atoms with Gasteiger partial charge in [-0.1, -0.05) is 35.4 Å². The van der Waals surface area contributed by atoms with E-state index in [0.717, 1.165) is 0 Å². The van der Waals surface area contributed by atoms with E-state index in [1.165, 1.54) is 12.1 Å². The minimum Gasteiger partial charge on any atom is -0.456 e. The van der Waals surface area contributed by atoms with Crippen LogP contribution in [-0.2, 0) is 11.3 Å². The Balaban J connectivity index is 0.000000319. The first-order valence-corrected chi connectivity index (χ1v) is 17.4. The van der Waals surface area contributed by atoms with Gasteiger partial charge in [0.2, 0.25) is 12.3 Å². The van der Waals surface area contributed by atoms with Gasteiger partial charge in [0, 0.05) is 22.6 Å². The zero-order chi connectivity index (χ0) is 50.1. The normalized spacial score (nSPS) is 11.2. The molecule has 1 heterocycles. The maximum Gasteiger partial charge on any atom is 0.338 e. The summed E-state index contributed by atoms with van der Waals surface area (Å²) >= 11 is 0. The number of ether oxygens (including phenoxy) is 1. The Morgan fingerprint density at radius 1 is 0.448 bits per heavy atom. The Kier molecular flexibility index (Phi) is 14.6. The fourth-order valence-electron chi connectivity index (χ4n) is 6.65. The van der Waals surface area contributed by atoms with Gasteiger partial charge in [0.15, 0.2) is 88.9 Å². The van der Waals surface area contributed by atoms with Crippen LogP contribution in [0.25, 0.3) is 10.4 Å². The molecule has 0 saturated heterocycles. The highest BCUT2D eigenvalue weighted by Gasteiger charge is 2.52. The second kappa shape index (κ2) is 19.5. The van der Waals surface area contributed by atoms with Gasteiger partial charge in [0.1, 0.15) is 52.7 Å². The summed E-state index contributed by atoms with van der Waals surface area (Å²) in [5.41, 5.74) is -5.29. The molecular formula is C39H13BF20N4O3. The zero-order valence-corrected chi connectivity index (χ0v) is 31.8. The molecule has 6 rings (SSSR count). The molecule has 350 valence electrons. The highest BCUT2D eigenvalue weighted by atomic mass is 19.2. The quantitative estimate of drug-likeness (QED) is 0.0133. The Morgan fingerprint density at radius 3 is 1.01 bits per heavy atom. The lowest BCUT2D eigenvalue weighted by molar-refractivity contribution is -0.683. The van der Waals surface area contributed by atoms with E-state index >= 15 is 35.1 Å². The molecule has 0 bridgehead atoms. The number of esters is 1. The molecule has 7 nitrogen and oxygen atoms in total. The number of nitrogens with zero attached hydrogens (tertiary/aromatic N) is 4. The molecule has 0 aliphatic carbocycles. The molecule has 0 unspecified atom stereocenters. The number of halogens is 20. The van der Waals surface area contributed by atoms with Gasteiger partial charge >= 0.3 is 5.97 Å². The van der Waals surface area contributed by atoms with Gasteiger partial charge in [-0.2, -0.15) is 4.57 Å². The molecule has 6 aromatic rings. The number of pyridine rings is 1. The molecule has 0 spiro atoms. The number of benzene rings is 5. The van der Waals surface area contributed by atoms with Crippen LogP contribution >= 0.6 is 0 Å². The summed E-state index contributed by atoms with van der Waals surface area (Å²) in [5.74, 6) is -72.0. The third kappa shape index (κ3) is 8.54. The van der Waals surface area contributed by atoms with Crippen molar-refractivity contribution in [3.63, 3.8) is 0 Å². The summed E-state index contributed by atoms with van der Waals surface area (Å²) < 4.78 is 300. The first-order valence-electron chi connectivity index (χ1n) is 17.4. The van der Waals surface area contributed by atoms with E-state index in [2.05, 4.69) is 10.0 Å². The van der Waals surface area contributed by atoms with Gasteiger partial charge < -0.3 is 4.74 Å². The van der Waals surface area contributed by atoms with Crippen LogP contribution in [0.5, 0.6) is 0 Å². The van der Waals surface area contributed by atoms with Gasteiger partial charge in [-0.05, 0) is 5.53 Å². The fourth-order valence-corrected chi connectivity index (χ4v) is 6.65. The fraction of sp³-hybridized carbons (Fsp3) is 0.0513. The monoisotopic (exact) mass is 976 g/mol. The summed E-state index contributed by atoms with van der Waals surface area (Å²) in [5, 5.41) is 3.12. The van der Waals surface area contributed by atoms with E-state index in [9.17, 15) is 62.3 Å². The number of hydrogen-bond acceptors (Lipinski definition) is 4. The van der Waals surface area contributed by atoms with Crippen molar-refractivity contribution in [2.45, 2.75) is 6.54 Å². The minimum atomic E-state index is -7.22. The Hall–Kier alpha value is -7.64. The van der Waals surface area contributed by atoms with E-state index < -0.39 is 150 Å². The molecule has 5 aromatic carbocycles. The van der Waals surface area contributed by atoms with Gasteiger partial charge in [-0.3, -0.25) is 4.79 Å². The Labute approximate surface area is 357 Å². The average molecular weight is 976 g/mol. The number of aromatic nitrogens is 1. The lowest BCUT2D eigenvalue weighted by Crippen LogP contribution is -2.81. The standard InChI is InChI=1S/C24BF20.C15H13N4O3/c26-5-1(6(27)14(35)21(42)13(5)34)25(2-7(28)15(36)22(43)16(37)8(2)29,3-9(30)17(38)23(44)18(39)10(3)31)4-11(32)19(40)24(45)20(41)12(4)33;16-18-17-11-22-15(21)13-6-8-19(9-7-13)10-14(20)12-4-2-1-3-5-12/h;1-9H,10-11H2/q-1;+1. The second-order valence-electron chi connectivity index (χ2n) is 13.1. The van der Waals surface area contributed by atoms with Gasteiger partial charge in [0.25, 0.3) is 0 Å². The molecular weight excluding hydrogens is 963 g/mol. The van der Waals surface area contributed by atoms with Crippen LogP contribution in [0.3, 0.4) is 0 Å². The van der Waals surface area contributed by atoms with Crippen molar-refractivity contribution in [3.05, 3.63) is 193 Å². The van der Waals surface area contributed by atoms with E-state index in [1.807, 2.05) is 6.07 Å². The number of Topliss-reactive ketones (excluding diaryl/α,β-unsaturated/α-hetero) is 1. The van der Waals surface area contributed by atoms with Crippen molar-refractivity contribution in [3.8, 4) is 0 Å². The van der Waals surface area contributed by atoms with E-state index in [-0.39, 0.29) is 19.1 Å². The van der Waals surface area contributed by atoms with Crippen molar-refractivity contribution in [2.75, 3.05) is 6.73 Å². The molecule has 0 amide bonds. The SMILES string of the molecule is Fc1c(F)c(F)c([B-](c2c(F)c(F)c(F)c(F)c2F)(c2c(F)c(F)c(F)c(F)c2F)c2c(F)c(F)c(F)c(F)c2F)c(F)c1F.[N-]=[N+]=NCOC(=O)c1cc[n+](CC(=O)c2ccccc2)cc1. The van der Waals surface area contributed by atoms with Crippen LogP contribution in [0.15, 0.2) is 60.0 Å². The summed E-state index contributed by atoms with van der Waals surface area (Å²) in [6, 6.07) is 12.0. The van der Waals surface area contributed by atoms with Crippen molar-refractivity contribution in [1.29, 1.82) is 0 Å². The number of carbonyl (C=O) groups excluding carboxylic acids is 2. The predicted octanol–water partition coefficient (Wildman–Crippen LogP) is 8.13. The number of rotatable bonds is 10.